The molecule has 1 aromatic carbocycles. The van der Waals surface area contributed by atoms with Crippen LogP contribution in [-0.4, -0.2) is 20.9 Å². The van der Waals surface area contributed by atoms with Crippen LogP contribution in [0.25, 0.3) is 0 Å². The molecule has 0 atom stereocenters. The quantitative estimate of drug-likeness (QED) is 0.184. The van der Waals surface area contributed by atoms with Gasteiger partial charge < -0.3 is 9.16 Å². The molecule has 0 N–H and O–H groups in total. The van der Waals surface area contributed by atoms with Gasteiger partial charge in [-0.15, -0.1) is 0 Å². The van der Waals surface area contributed by atoms with Crippen molar-refractivity contribution in [3.05, 3.63) is 41.0 Å². The molecule has 158 valence electrons. The summed E-state index contributed by atoms with van der Waals surface area (Å²) in [6, 6.07) is 4.58. The van der Waals surface area contributed by atoms with Crippen molar-refractivity contribution < 1.29 is 14.0 Å². The summed E-state index contributed by atoms with van der Waals surface area (Å²) in [4.78, 5) is 11.2. The zero-order valence-corrected chi connectivity index (χ0v) is 20.3. The molecule has 1 rings (SSSR count). The molecule has 0 aromatic heterocycles. The minimum Gasteiger partial charge on any atom is -0.543 e. The van der Waals surface area contributed by atoms with Crippen molar-refractivity contribution in [3.63, 3.8) is 0 Å². The van der Waals surface area contributed by atoms with Crippen molar-refractivity contribution in [3.8, 4) is 5.75 Å². The maximum Gasteiger partial charge on any atom is 0.330 e. The highest BCUT2D eigenvalue weighted by Gasteiger charge is 2.39. The second-order valence-electron chi connectivity index (χ2n) is 9.17. The van der Waals surface area contributed by atoms with E-state index < -0.39 is 8.32 Å². The van der Waals surface area contributed by atoms with E-state index in [0.717, 1.165) is 37.9 Å². The first-order valence-electron chi connectivity index (χ1n) is 10.6. The van der Waals surface area contributed by atoms with Gasteiger partial charge in [-0.3, -0.25) is 0 Å². The maximum absolute atomic E-state index is 11.2. The second kappa shape index (κ2) is 10.8. The highest BCUT2D eigenvalue weighted by Crippen LogP contribution is 2.39. The number of esters is 1. The smallest absolute Gasteiger partial charge is 0.330 e. The Morgan fingerprint density at radius 1 is 1.07 bits per heavy atom. The van der Waals surface area contributed by atoms with Crippen LogP contribution in [0.1, 0.15) is 70.1 Å². The topological polar surface area (TPSA) is 35.5 Å². The Hall–Kier alpha value is -1.55. The number of unbranched alkanes of at least 4 members (excludes halogenated alkanes) is 3. The van der Waals surface area contributed by atoms with Crippen molar-refractivity contribution in [1.29, 1.82) is 0 Å². The first-order valence-corrected chi connectivity index (χ1v) is 13.5. The molecule has 0 amide bonds. The molecule has 4 heteroatoms. The molecule has 3 nitrogen and oxygen atoms in total. The van der Waals surface area contributed by atoms with Gasteiger partial charge in [0.2, 0.25) is 0 Å². The van der Waals surface area contributed by atoms with Crippen LogP contribution < -0.4 is 4.43 Å². The lowest BCUT2D eigenvalue weighted by Crippen LogP contribution is -2.44. The average Bonchev–Trinajstić information content (AvgIpc) is 2.56. The molecular formula is C24H40O3Si. The molecule has 0 heterocycles. The monoisotopic (exact) mass is 404 g/mol. The SMILES string of the molecule is CCOC(=O)/C=C\CCCCCc1cc(C)c(O[Si](C)(C)C(C)(C)C)c(C)c1. The first kappa shape index (κ1) is 24.5. The number of carbonyl (C=O) groups is 1. The normalized spacial score (nSPS) is 12.4. The molecule has 0 unspecified atom stereocenters. The van der Waals surface area contributed by atoms with Crippen LogP contribution in [0.15, 0.2) is 24.3 Å². The van der Waals surface area contributed by atoms with Crippen LogP contribution in [0.4, 0.5) is 0 Å². The summed E-state index contributed by atoms with van der Waals surface area (Å²) in [5, 5.41) is 0.201. The van der Waals surface area contributed by atoms with E-state index in [4.69, 9.17) is 9.16 Å². The molecule has 0 spiro atoms. The van der Waals surface area contributed by atoms with E-state index in [1.54, 1.807) is 0 Å². The zero-order valence-electron chi connectivity index (χ0n) is 19.3. The molecule has 0 aliphatic heterocycles. The molecule has 28 heavy (non-hydrogen) atoms. The van der Waals surface area contributed by atoms with Gasteiger partial charge in [-0.2, -0.15) is 0 Å². The van der Waals surface area contributed by atoms with Crippen LogP contribution in [0, 0.1) is 13.8 Å². The zero-order chi connectivity index (χ0) is 21.4. The third-order valence-corrected chi connectivity index (χ3v) is 9.89. The van der Waals surface area contributed by atoms with Gasteiger partial charge in [0, 0.05) is 6.08 Å². The summed E-state index contributed by atoms with van der Waals surface area (Å²) in [6.45, 7) is 18.0. The Morgan fingerprint density at radius 2 is 1.68 bits per heavy atom. The highest BCUT2D eigenvalue weighted by atomic mass is 28.4. The van der Waals surface area contributed by atoms with Gasteiger partial charge in [0.1, 0.15) is 5.75 Å². The molecule has 0 aliphatic carbocycles. The van der Waals surface area contributed by atoms with Crippen molar-refractivity contribution in [2.24, 2.45) is 0 Å². The number of rotatable bonds is 10. The number of carbonyl (C=O) groups excluding carboxylic acids is 1. The lowest BCUT2D eigenvalue weighted by atomic mass is 10.0. The molecule has 0 saturated carbocycles. The van der Waals surface area contributed by atoms with E-state index in [1.165, 1.54) is 22.8 Å². The Bertz CT molecular complexity index is 646. The molecule has 0 aliphatic rings. The van der Waals surface area contributed by atoms with Crippen LogP contribution in [-0.2, 0) is 16.0 Å². The maximum atomic E-state index is 11.2. The lowest BCUT2D eigenvalue weighted by molar-refractivity contribution is -0.137. The summed E-state index contributed by atoms with van der Waals surface area (Å²) in [5.41, 5.74) is 3.88. The van der Waals surface area contributed by atoms with Gasteiger partial charge >= 0.3 is 5.97 Å². The third kappa shape index (κ3) is 7.82. The predicted octanol–water partition coefficient (Wildman–Crippen LogP) is 6.91. The van der Waals surface area contributed by atoms with Gasteiger partial charge in [0.15, 0.2) is 0 Å². The minimum atomic E-state index is -1.82. The molecule has 0 bridgehead atoms. The van der Waals surface area contributed by atoms with E-state index in [-0.39, 0.29) is 11.0 Å². The summed E-state index contributed by atoms with van der Waals surface area (Å²) < 4.78 is 11.5. The number of aryl methyl sites for hydroxylation is 3. The van der Waals surface area contributed by atoms with Gasteiger partial charge in [-0.05, 0) is 81.3 Å². The number of benzene rings is 1. The molecule has 0 radical (unpaired) electrons. The van der Waals surface area contributed by atoms with E-state index >= 15 is 0 Å². The fourth-order valence-electron chi connectivity index (χ4n) is 2.89. The number of allylic oxidation sites excluding steroid dienone is 1. The largest absolute Gasteiger partial charge is 0.543 e. The molecule has 0 saturated heterocycles. The van der Waals surface area contributed by atoms with Crippen molar-refractivity contribution in [2.45, 2.75) is 91.8 Å². The number of hydrogen-bond donors (Lipinski definition) is 0. The summed E-state index contributed by atoms with van der Waals surface area (Å²) in [6.07, 6.45) is 8.89. The van der Waals surface area contributed by atoms with E-state index in [0.29, 0.717) is 6.61 Å². The fourth-order valence-corrected chi connectivity index (χ4v) is 4.03. The summed E-state index contributed by atoms with van der Waals surface area (Å²) in [5.74, 6) is 0.841. The Balaban J connectivity index is 2.54. The first-order chi connectivity index (χ1) is 13.0. The number of ether oxygens (including phenoxy) is 1. The molecule has 1 aromatic rings. The standard InChI is InChI=1S/C24H40O3Si/c1-9-26-22(25)16-14-12-10-11-13-15-21-17-19(2)23(20(3)18-21)27-28(7,8)24(4,5)6/h14,16-18H,9-13,15H2,1-8H3/b16-14-. The molecular weight excluding hydrogens is 364 g/mol. The van der Waals surface area contributed by atoms with Crippen LogP contribution in [0.2, 0.25) is 18.1 Å². The van der Waals surface area contributed by atoms with E-state index in [2.05, 4.69) is 59.8 Å². The third-order valence-electron chi connectivity index (χ3n) is 5.56. The minimum absolute atomic E-state index is 0.201. The average molecular weight is 405 g/mol. The summed E-state index contributed by atoms with van der Waals surface area (Å²) >= 11 is 0. The van der Waals surface area contributed by atoms with Gasteiger partial charge in [0.25, 0.3) is 8.32 Å². The molecule has 0 fully saturated rings. The van der Waals surface area contributed by atoms with Gasteiger partial charge in [-0.25, -0.2) is 4.79 Å². The van der Waals surface area contributed by atoms with Crippen LogP contribution in [0.3, 0.4) is 0 Å². The Labute approximate surface area is 173 Å². The number of hydrogen-bond acceptors (Lipinski definition) is 3. The van der Waals surface area contributed by atoms with Crippen molar-refractivity contribution in [2.75, 3.05) is 6.61 Å². The van der Waals surface area contributed by atoms with Gasteiger partial charge in [-0.1, -0.05) is 45.4 Å². The van der Waals surface area contributed by atoms with Gasteiger partial charge in [0.05, 0.1) is 6.61 Å². The Morgan fingerprint density at radius 3 is 2.21 bits per heavy atom. The van der Waals surface area contributed by atoms with Crippen LogP contribution in [0.5, 0.6) is 5.75 Å². The highest BCUT2D eigenvalue weighted by molar-refractivity contribution is 6.74. The lowest BCUT2D eigenvalue weighted by Gasteiger charge is -2.37. The van der Waals surface area contributed by atoms with Crippen molar-refractivity contribution >= 4 is 14.3 Å². The predicted molar refractivity (Wildman–Crippen MR) is 122 cm³/mol. The Kier molecular flexibility index (Phi) is 9.48. The summed E-state index contributed by atoms with van der Waals surface area (Å²) in [7, 11) is -1.82. The van der Waals surface area contributed by atoms with E-state index in [1.807, 2.05) is 13.0 Å². The van der Waals surface area contributed by atoms with Crippen molar-refractivity contribution in [1.82, 2.24) is 0 Å². The fraction of sp³-hybridized carbons (Fsp3) is 0.625. The van der Waals surface area contributed by atoms with Crippen LogP contribution >= 0.6 is 0 Å². The van der Waals surface area contributed by atoms with E-state index in [9.17, 15) is 4.79 Å². The second-order valence-corrected chi connectivity index (χ2v) is 13.9.